The highest BCUT2D eigenvalue weighted by molar-refractivity contribution is 5.77. The van der Waals surface area contributed by atoms with E-state index in [-0.39, 0.29) is 6.04 Å². The number of hydrogen-bond donors (Lipinski definition) is 2. The number of carboxylic acids is 1. The van der Waals surface area contributed by atoms with Gasteiger partial charge in [0, 0.05) is 18.6 Å². The van der Waals surface area contributed by atoms with Crippen LogP contribution in [0, 0.1) is 5.92 Å². The van der Waals surface area contributed by atoms with Crippen LogP contribution >= 0.6 is 0 Å². The molecule has 0 aromatic rings. The Labute approximate surface area is 117 Å². The molecule has 2 unspecified atom stereocenters. The first-order valence-corrected chi connectivity index (χ1v) is 7.52. The molecular formula is C15H30N2O2. The smallest absolute Gasteiger partial charge is 0.323 e. The lowest BCUT2D eigenvalue weighted by molar-refractivity contribution is -0.143. The molecule has 0 radical (unpaired) electrons. The lowest BCUT2D eigenvalue weighted by atomic mass is 9.93. The van der Waals surface area contributed by atoms with E-state index in [0.29, 0.717) is 18.4 Å². The van der Waals surface area contributed by atoms with Crippen molar-refractivity contribution in [3.8, 4) is 0 Å². The second kappa shape index (κ2) is 6.71. The molecule has 1 saturated carbocycles. The average Bonchev–Trinajstić information content (AvgIpc) is 2.77. The number of carboxylic acid groups (broad SMARTS) is 1. The first kappa shape index (κ1) is 16.4. The molecule has 0 heterocycles. The lowest BCUT2D eigenvalue weighted by Gasteiger charge is -2.38. The Morgan fingerprint density at radius 1 is 1.37 bits per heavy atom. The van der Waals surface area contributed by atoms with Gasteiger partial charge in [-0.1, -0.05) is 26.7 Å². The van der Waals surface area contributed by atoms with Crippen molar-refractivity contribution >= 4 is 5.97 Å². The van der Waals surface area contributed by atoms with E-state index in [4.69, 9.17) is 5.73 Å². The van der Waals surface area contributed by atoms with Crippen molar-refractivity contribution in [2.45, 2.75) is 77.4 Å². The van der Waals surface area contributed by atoms with Crippen LogP contribution in [-0.4, -0.2) is 40.1 Å². The molecule has 1 fully saturated rings. The van der Waals surface area contributed by atoms with Crippen LogP contribution in [0.5, 0.6) is 0 Å². The largest absolute Gasteiger partial charge is 0.480 e. The summed E-state index contributed by atoms with van der Waals surface area (Å²) in [5.74, 6) is -0.313. The van der Waals surface area contributed by atoms with Gasteiger partial charge in [0.25, 0.3) is 0 Å². The Hall–Kier alpha value is -0.610. The van der Waals surface area contributed by atoms with Gasteiger partial charge in [0.15, 0.2) is 0 Å². The Morgan fingerprint density at radius 2 is 1.89 bits per heavy atom. The molecule has 3 N–H and O–H groups in total. The second-order valence-electron chi connectivity index (χ2n) is 6.80. The molecular weight excluding hydrogens is 240 g/mol. The van der Waals surface area contributed by atoms with Gasteiger partial charge >= 0.3 is 5.97 Å². The molecule has 19 heavy (non-hydrogen) atoms. The standard InChI is InChI=1S/C15H30N2O2/c1-11(2)10-17(13-7-5-6-8-13)12(3)9-15(4,16)14(18)19/h11-13H,5-10,16H2,1-4H3,(H,18,19). The summed E-state index contributed by atoms with van der Waals surface area (Å²) >= 11 is 0. The van der Waals surface area contributed by atoms with Gasteiger partial charge in [-0.15, -0.1) is 0 Å². The summed E-state index contributed by atoms with van der Waals surface area (Å²) in [6.07, 6.45) is 5.58. The summed E-state index contributed by atoms with van der Waals surface area (Å²) in [6, 6.07) is 0.832. The number of nitrogens with two attached hydrogens (primary N) is 1. The number of hydrogen-bond acceptors (Lipinski definition) is 3. The monoisotopic (exact) mass is 270 g/mol. The predicted octanol–water partition coefficient (Wildman–Crippen LogP) is 2.47. The van der Waals surface area contributed by atoms with Gasteiger partial charge in [0.05, 0.1) is 0 Å². The zero-order chi connectivity index (χ0) is 14.6. The minimum atomic E-state index is -1.13. The highest BCUT2D eigenvalue weighted by atomic mass is 16.4. The third-order valence-corrected chi connectivity index (χ3v) is 4.14. The molecule has 0 saturated heterocycles. The molecule has 112 valence electrons. The average molecular weight is 270 g/mol. The predicted molar refractivity (Wildman–Crippen MR) is 78.1 cm³/mol. The summed E-state index contributed by atoms with van der Waals surface area (Å²) < 4.78 is 0. The summed E-state index contributed by atoms with van der Waals surface area (Å²) in [7, 11) is 0. The van der Waals surface area contributed by atoms with E-state index in [1.807, 2.05) is 0 Å². The van der Waals surface area contributed by atoms with Crippen molar-refractivity contribution in [2.75, 3.05) is 6.54 Å². The van der Waals surface area contributed by atoms with E-state index >= 15 is 0 Å². The maximum atomic E-state index is 11.2. The number of rotatable bonds is 7. The van der Waals surface area contributed by atoms with E-state index in [1.165, 1.54) is 25.7 Å². The van der Waals surface area contributed by atoms with Crippen LogP contribution in [0.25, 0.3) is 0 Å². The summed E-state index contributed by atoms with van der Waals surface area (Å²) in [5, 5.41) is 9.18. The van der Waals surface area contributed by atoms with Gasteiger partial charge in [0.1, 0.15) is 5.54 Å². The third-order valence-electron chi connectivity index (χ3n) is 4.14. The highest BCUT2D eigenvalue weighted by Crippen LogP contribution is 2.28. The highest BCUT2D eigenvalue weighted by Gasteiger charge is 2.34. The van der Waals surface area contributed by atoms with E-state index < -0.39 is 11.5 Å². The maximum Gasteiger partial charge on any atom is 0.323 e. The number of aliphatic carboxylic acids is 1. The Balaban J connectivity index is 2.70. The van der Waals surface area contributed by atoms with E-state index in [9.17, 15) is 9.90 Å². The fourth-order valence-corrected chi connectivity index (χ4v) is 3.16. The minimum absolute atomic E-state index is 0.219. The van der Waals surface area contributed by atoms with Crippen LogP contribution in [0.4, 0.5) is 0 Å². The second-order valence-corrected chi connectivity index (χ2v) is 6.80. The minimum Gasteiger partial charge on any atom is -0.480 e. The van der Waals surface area contributed by atoms with Crippen LogP contribution in [-0.2, 0) is 4.79 Å². The Morgan fingerprint density at radius 3 is 2.32 bits per heavy atom. The molecule has 0 aromatic heterocycles. The summed E-state index contributed by atoms with van der Waals surface area (Å²) in [6.45, 7) is 9.20. The molecule has 0 aromatic carbocycles. The van der Waals surface area contributed by atoms with Crippen molar-refractivity contribution in [2.24, 2.45) is 11.7 Å². The zero-order valence-electron chi connectivity index (χ0n) is 12.9. The van der Waals surface area contributed by atoms with Crippen molar-refractivity contribution < 1.29 is 9.90 Å². The van der Waals surface area contributed by atoms with Gasteiger partial charge in [-0.2, -0.15) is 0 Å². The Kier molecular flexibility index (Phi) is 5.81. The summed E-state index contributed by atoms with van der Waals surface area (Å²) in [5.41, 5.74) is 4.77. The molecule has 1 rings (SSSR count). The number of carbonyl (C=O) groups is 1. The fraction of sp³-hybridized carbons (Fsp3) is 0.933. The van der Waals surface area contributed by atoms with Crippen LogP contribution < -0.4 is 5.73 Å². The lowest BCUT2D eigenvalue weighted by Crippen LogP contribution is -2.52. The SMILES string of the molecule is CC(C)CN(C(C)CC(C)(N)C(=O)O)C1CCCC1. The van der Waals surface area contributed by atoms with Gasteiger partial charge in [-0.05, 0) is 39.0 Å². The molecule has 4 nitrogen and oxygen atoms in total. The van der Waals surface area contributed by atoms with Crippen LogP contribution in [0.15, 0.2) is 0 Å². The van der Waals surface area contributed by atoms with E-state index in [2.05, 4.69) is 25.7 Å². The van der Waals surface area contributed by atoms with Crippen LogP contribution in [0.2, 0.25) is 0 Å². The fourth-order valence-electron chi connectivity index (χ4n) is 3.16. The molecule has 1 aliphatic carbocycles. The first-order chi connectivity index (χ1) is 8.74. The number of nitrogens with zero attached hydrogens (tertiary/aromatic N) is 1. The van der Waals surface area contributed by atoms with Crippen LogP contribution in [0.1, 0.15) is 59.8 Å². The van der Waals surface area contributed by atoms with Crippen LogP contribution in [0.3, 0.4) is 0 Å². The molecule has 4 heteroatoms. The van der Waals surface area contributed by atoms with Gasteiger partial charge in [-0.3, -0.25) is 9.69 Å². The zero-order valence-corrected chi connectivity index (χ0v) is 12.9. The van der Waals surface area contributed by atoms with Crippen molar-refractivity contribution in [3.63, 3.8) is 0 Å². The first-order valence-electron chi connectivity index (χ1n) is 7.52. The maximum absolute atomic E-state index is 11.2. The topological polar surface area (TPSA) is 66.6 Å². The Bertz CT molecular complexity index is 297. The molecule has 1 aliphatic rings. The van der Waals surface area contributed by atoms with Crippen molar-refractivity contribution in [1.82, 2.24) is 4.90 Å². The van der Waals surface area contributed by atoms with E-state index in [0.717, 1.165) is 6.54 Å². The molecule has 0 amide bonds. The van der Waals surface area contributed by atoms with Crippen molar-refractivity contribution in [1.29, 1.82) is 0 Å². The summed E-state index contributed by atoms with van der Waals surface area (Å²) in [4.78, 5) is 13.7. The normalized spacial score (nSPS) is 21.8. The van der Waals surface area contributed by atoms with Gasteiger partial charge in [0.2, 0.25) is 0 Å². The third kappa shape index (κ3) is 4.77. The molecule has 2 atom stereocenters. The van der Waals surface area contributed by atoms with Crippen molar-refractivity contribution in [3.05, 3.63) is 0 Å². The molecule has 0 bridgehead atoms. The van der Waals surface area contributed by atoms with E-state index in [1.54, 1.807) is 6.92 Å². The molecule has 0 spiro atoms. The van der Waals surface area contributed by atoms with Gasteiger partial charge < -0.3 is 10.8 Å². The quantitative estimate of drug-likeness (QED) is 0.746. The van der Waals surface area contributed by atoms with Gasteiger partial charge in [-0.25, -0.2) is 0 Å². The molecule has 0 aliphatic heterocycles.